The highest BCUT2D eigenvalue weighted by Gasteiger charge is 2.32. The molecule has 3 aromatic carbocycles. The molecule has 1 heterocycles. The molecule has 1 N–H and O–H groups in total. The molecule has 0 aliphatic heterocycles. The molecular formula is C22H18F3N3. The smallest absolute Gasteiger partial charge is 0.385 e. The van der Waals surface area contributed by atoms with Gasteiger partial charge in [0.05, 0.1) is 16.6 Å². The van der Waals surface area contributed by atoms with E-state index in [1.165, 1.54) is 6.07 Å². The minimum Gasteiger partial charge on any atom is -0.385 e. The second-order valence-corrected chi connectivity index (χ2v) is 6.45. The summed E-state index contributed by atoms with van der Waals surface area (Å²) in [6.07, 6.45) is -2.88. The van der Waals surface area contributed by atoms with Gasteiger partial charge in [-0.25, -0.2) is 4.98 Å². The molecule has 0 bridgehead atoms. The van der Waals surface area contributed by atoms with Gasteiger partial charge in [0.2, 0.25) is 0 Å². The van der Waals surface area contributed by atoms with E-state index in [9.17, 15) is 13.2 Å². The summed E-state index contributed by atoms with van der Waals surface area (Å²) in [6, 6.07) is 19.2. The summed E-state index contributed by atoms with van der Waals surface area (Å²) in [4.78, 5) is 4.26. The number of aromatic nitrogens is 2. The topological polar surface area (TPSA) is 29.9 Å². The second kappa shape index (κ2) is 7.03. The number of benzene rings is 3. The van der Waals surface area contributed by atoms with Crippen LogP contribution in [0.25, 0.3) is 27.8 Å². The number of nitrogens with zero attached hydrogens (tertiary/aromatic N) is 2. The van der Waals surface area contributed by atoms with E-state index in [4.69, 9.17) is 0 Å². The first kappa shape index (κ1) is 18.1. The number of rotatable bonds is 4. The summed E-state index contributed by atoms with van der Waals surface area (Å²) in [6.45, 7) is 2.70. The third-order valence-electron chi connectivity index (χ3n) is 4.56. The molecule has 4 aromatic rings. The van der Waals surface area contributed by atoms with Crippen LogP contribution in [0.4, 0.5) is 18.9 Å². The van der Waals surface area contributed by atoms with Crippen molar-refractivity contribution in [2.24, 2.45) is 0 Å². The highest BCUT2D eigenvalue weighted by molar-refractivity contribution is 5.94. The van der Waals surface area contributed by atoms with Crippen molar-refractivity contribution in [2.45, 2.75) is 13.1 Å². The third-order valence-corrected chi connectivity index (χ3v) is 4.56. The molecule has 3 nitrogen and oxygen atoms in total. The highest BCUT2D eigenvalue weighted by atomic mass is 19.4. The Morgan fingerprint density at radius 2 is 1.75 bits per heavy atom. The third kappa shape index (κ3) is 3.33. The van der Waals surface area contributed by atoms with Crippen LogP contribution in [0.15, 0.2) is 73.1 Å². The SMILES string of the molecule is CCNc1cccc(-c2cc(C(F)(F)F)cc3ncn(-c4ccccc4)c23)c1. The molecule has 0 aliphatic rings. The van der Waals surface area contributed by atoms with E-state index in [1.54, 1.807) is 6.33 Å². The Balaban J connectivity index is 2.01. The number of para-hydroxylation sites is 1. The number of hydrogen-bond donors (Lipinski definition) is 1. The van der Waals surface area contributed by atoms with E-state index < -0.39 is 11.7 Å². The fourth-order valence-corrected chi connectivity index (χ4v) is 3.32. The lowest BCUT2D eigenvalue weighted by atomic mass is 10.00. The maximum Gasteiger partial charge on any atom is 0.416 e. The van der Waals surface area contributed by atoms with Crippen molar-refractivity contribution >= 4 is 16.7 Å². The Morgan fingerprint density at radius 1 is 0.964 bits per heavy atom. The molecule has 142 valence electrons. The molecule has 0 spiro atoms. The van der Waals surface area contributed by atoms with Gasteiger partial charge in [-0.05, 0) is 48.9 Å². The highest BCUT2D eigenvalue weighted by Crippen LogP contribution is 2.38. The average Bonchev–Trinajstić information content (AvgIpc) is 3.12. The maximum absolute atomic E-state index is 13.5. The molecule has 0 saturated carbocycles. The second-order valence-electron chi connectivity index (χ2n) is 6.45. The van der Waals surface area contributed by atoms with Crippen LogP contribution in [-0.4, -0.2) is 16.1 Å². The van der Waals surface area contributed by atoms with Crippen LogP contribution >= 0.6 is 0 Å². The minimum atomic E-state index is -4.45. The zero-order valence-electron chi connectivity index (χ0n) is 15.2. The standard InChI is InChI=1S/C22H18F3N3/c1-2-26-17-8-6-7-15(11-17)19-12-16(22(23,24)25)13-20-21(19)28(14-27-20)18-9-4-3-5-10-18/h3-14,26H,2H2,1H3. The summed E-state index contributed by atoms with van der Waals surface area (Å²) in [5.41, 5.74) is 3.14. The van der Waals surface area contributed by atoms with Gasteiger partial charge in [-0.1, -0.05) is 30.3 Å². The number of imidazole rings is 1. The molecule has 6 heteroatoms. The normalized spacial score (nSPS) is 11.7. The summed E-state index contributed by atoms with van der Waals surface area (Å²) in [7, 11) is 0. The molecule has 4 rings (SSSR count). The maximum atomic E-state index is 13.5. The number of anilines is 1. The minimum absolute atomic E-state index is 0.308. The number of fused-ring (bicyclic) bond motifs is 1. The lowest BCUT2D eigenvalue weighted by molar-refractivity contribution is -0.137. The number of nitrogens with one attached hydrogen (secondary N) is 1. The van der Waals surface area contributed by atoms with E-state index in [0.29, 0.717) is 22.2 Å². The number of hydrogen-bond acceptors (Lipinski definition) is 2. The first-order valence-corrected chi connectivity index (χ1v) is 8.95. The van der Waals surface area contributed by atoms with Gasteiger partial charge < -0.3 is 5.32 Å². The lowest BCUT2D eigenvalue weighted by Gasteiger charge is -2.14. The molecular weight excluding hydrogens is 363 g/mol. The van der Waals surface area contributed by atoms with Crippen molar-refractivity contribution in [3.63, 3.8) is 0 Å². The van der Waals surface area contributed by atoms with Gasteiger partial charge in [-0.15, -0.1) is 0 Å². The van der Waals surface area contributed by atoms with Gasteiger partial charge in [0, 0.05) is 23.5 Å². The Hall–Kier alpha value is -3.28. The molecule has 0 radical (unpaired) electrons. The fraction of sp³-hybridized carbons (Fsp3) is 0.136. The van der Waals surface area contributed by atoms with Gasteiger partial charge in [-0.3, -0.25) is 4.57 Å². The van der Waals surface area contributed by atoms with Crippen molar-refractivity contribution in [3.05, 3.63) is 78.6 Å². The molecule has 0 aliphatic carbocycles. The number of alkyl halides is 3. The Labute approximate surface area is 160 Å². The summed E-state index contributed by atoms with van der Waals surface area (Å²) < 4.78 is 42.3. The Bertz CT molecular complexity index is 1120. The first-order valence-electron chi connectivity index (χ1n) is 8.95. The quantitative estimate of drug-likeness (QED) is 0.460. The van der Waals surface area contributed by atoms with Crippen molar-refractivity contribution in [3.8, 4) is 16.8 Å². The molecule has 0 unspecified atom stereocenters. The monoisotopic (exact) mass is 381 g/mol. The molecule has 28 heavy (non-hydrogen) atoms. The van der Waals surface area contributed by atoms with Crippen LogP contribution in [0.3, 0.4) is 0 Å². The van der Waals surface area contributed by atoms with Crippen LogP contribution in [0, 0.1) is 0 Å². The molecule has 1 aromatic heterocycles. The van der Waals surface area contributed by atoms with Crippen LogP contribution in [0.2, 0.25) is 0 Å². The van der Waals surface area contributed by atoms with E-state index in [2.05, 4.69) is 10.3 Å². The van der Waals surface area contributed by atoms with Crippen molar-refractivity contribution in [1.29, 1.82) is 0 Å². The van der Waals surface area contributed by atoms with Crippen LogP contribution in [-0.2, 0) is 6.18 Å². The van der Waals surface area contributed by atoms with Crippen molar-refractivity contribution in [1.82, 2.24) is 9.55 Å². The van der Waals surface area contributed by atoms with E-state index in [1.807, 2.05) is 66.1 Å². The van der Waals surface area contributed by atoms with Gasteiger partial charge in [-0.2, -0.15) is 13.2 Å². The van der Waals surface area contributed by atoms with Crippen LogP contribution < -0.4 is 5.32 Å². The fourth-order valence-electron chi connectivity index (χ4n) is 3.32. The average molecular weight is 381 g/mol. The Morgan fingerprint density at radius 3 is 2.46 bits per heavy atom. The van der Waals surface area contributed by atoms with Crippen LogP contribution in [0.1, 0.15) is 12.5 Å². The van der Waals surface area contributed by atoms with Gasteiger partial charge >= 0.3 is 6.18 Å². The Kier molecular flexibility index (Phi) is 4.55. The summed E-state index contributed by atoms with van der Waals surface area (Å²) in [5, 5.41) is 3.21. The van der Waals surface area contributed by atoms with E-state index >= 15 is 0 Å². The van der Waals surface area contributed by atoms with E-state index in [-0.39, 0.29) is 0 Å². The van der Waals surface area contributed by atoms with Crippen molar-refractivity contribution in [2.75, 3.05) is 11.9 Å². The van der Waals surface area contributed by atoms with Gasteiger partial charge in [0.1, 0.15) is 6.33 Å². The lowest BCUT2D eigenvalue weighted by Crippen LogP contribution is -2.06. The largest absolute Gasteiger partial charge is 0.416 e. The summed E-state index contributed by atoms with van der Waals surface area (Å²) >= 11 is 0. The van der Waals surface area contributed by atoms with Crippen molar-refractivity contribution < 1.29 is 13.2 Å². The zero-order chi connectivity index (χ0) is 19.7. The van der Waals surface area contributed by atoms with Gasteiger partial charge in [0.15, 0.2) is 0 Å². The summed E-state index contributed by atoms with van der Waals surface area (Å²) in [5.74, 6) is 0. The predicted molar refractivity (Wildman–Crippen MR) is 106 cm³/mol. The molecule has 0 amide bonds. The van der Waals surface area contributed by atoms with Gasteiger partial charge in [0.25, 0.3) is 0 Å². The molecule has 0 atom stereocenters. The zero-order valence-corrected chi connectivity index (χ0v) is 15.2. The predicted octanol–water partition coefficient (Wildman–Crippen LogP) is 6.14. The number of halogens is 3. The van der Waals surface area contributed by atoms with E-state index in [0.717, 1.165) is 24.0 Å². The first-order chi connectivity index (χ1) is 13.5. The molecule has 0 saturated heterocycles. The molecule has 0 fully saturated rings. The van der Waals surface area contributed by atoms with Crippen LogP contribution in [0.5, 0.6) is 0 Å².